The van der Waals surface area contributed by atoms with Crippen LogP contribution in [0.5, 0.6) is 0 Å². The summed E-state index contributed by atoms with van der Waals surface area (Å²) in [5, 5.41) is 0. The van der Waals surface area contributed by atoms with Crippen molar-refractivity contribution in [1.29, 1.82) is 0 Å². The Kier molecular flexibility index (Phi) is 14.0. The van der Waals surface area contributed by atoms with Gasteiger partial charge in [-0.3, -0.25) is 4.79 Å². The number of carbonyl (C=O) groups excluding carboxylic acids is 1. The number of ketones is 1. The van der Waals surface area contributed by atoms with Crippen molar-refractivity contribution in [3.63, 3.8) is 0 Å². The van der Waals surface area contributed by atoms with Crippen LogP contribution in [-0.4, -0.2) is 18.0 Å². The third-order valence-electron chi connectivity index (χ3n) is 6.54. The van der Waals surface area contributed by atoms with E-state index in [1.165, 1.54) is 43.3 Å². The summed E-state index contributed by atoms with van der Waals surface area (Å²) in [6, 6.07) is 0. The minimum Gasteiger partial charge on any atom is -0.370 e. The van der Waals surface area contributed by atoms with Gasteiger partial charge in [-0.1, -0.05) is 69.6 Å². The third-order valence-corrected chi connectivity index (χ3v) is 6.54. The predicted octanol–water partition coefficient (Wildman–Crippen LogP) is 8.62. The van der Waals surface area contributed by atoms with E-state index in [4.69, 9.17) is 4.74 Å². The molecule has 178 valence electrons. The molecule has 1 saturated heterocycles. The second-order valence-corrected chi connectivity index (χ2v) is 10.5. The van der Waals surface area contributed by atoms with E-state index in [1.54, 1.807) is 0 Å². The summed E-state index contributed by atoms with van der Waals surface area (Å²) in [7, 11) is 0. The van der Waals surface area contributed by atoms with Crippen molar-refractivity contribution in [2.24, 2.45) is 17.8 Å². The number of unbranched alkanes of at least 4 members (excludes halogenated alkanes) is 1. The van der Waals surface area contributed by atoms with Crippen LogP contribution in [0.2, 0.25) is 0 Å². The van der Waals surface area contributed by atoms with Crippen LogP contribution in [0.25, 0.3) is 0 Å². The molecule has 31 heavy (non-hydrogen) atoms. The van der Waals surface area contributed by atoms with Crippen molar-refractivity contribution in [2.45, 2.75) is 125 Å². The number of rotatable bonds is 17. The van der Waals surface area contributed by atoms with Gasteiger partial charge >= 0.3 is 0 Å². The summed E-state index contributed by atoms with van der Waals surface area (Å²) in [4.78, 5) is 12.1. The van der Waals surface area contributed by atoms with E-state index in [9.17, 15) is 4.79 Å². The standard InChI is InChI=1S/C29H50O2/c1-22(2)18-20-28(30)26(6)17-11-16-24(4)13-9-8-12-23(3)14-10-15-25(5)19-21-29-27(7)31-29/h11-13,17,22,25-27,29H,8-10,14-16,18-21H2,1-7H3/b17-11+,23-12+,24-13+. The molecule has 0 radical (unpaired) electrons. The Bertz CT molecular complexity index is 596. The van der Waals surface area contributed by atoms with Gasteiger partial charge in [0.05, 0.1) is 12.2 Å². The summed E-state index contributed by atoms with van der Waals surface area (Å²) in [6.07, 6.45) is 21.4. The normalized spacial score (nSPS) is 21.7. The molecule has 0 aliphatic carbocycles. The van der Waals surface area contributed by atoms with E-state index in [1.807, 2.05) is 6.92 Å². The molecule has 0 bridgehead atoms. The molecule has 4 atom stereocenters. The molecule has 1 fully saturated rings. The van der Waals surface area contributed by atoms with Crippen molar-refractivity contribution in [3.05, 3.63) is 35.5 Å². The number of Topliss-reactive ketones (excluding diaryl/α,β-unsaturated/α-hetero) is 1. The lowest BCUT2D eigenvalue weighted by molar-refractivity contribution is -0.121. The maximum absolute atomic E-state index is 12.1. The lowest BCUT2D eigenvalue weighted by atomic mass is 9.96. The summed E-state index contributed by atoms with van der Waals surface area (Å²) < 4.78 is 5.51. The van der Waals surface area contributed by atoms with Gasteiger partial charge in [-0.2, -0.15) is 0 Å². The van der Waals surface area contributed by atoms with E-state index >= 15 is 0 Å². The quantitative estimate of drug-likeness (QED) is 0.131. The lowest BCUT2D eigenvalue weighted by Crippen LogP contribution is -2.09. The van der Waals surface area contributed by atoms with Crippen LogP contribution in [-0.2, 0) is 9.53 Å². The number of carbonyl (C=O) groups is 1. The molecule has 0 spiro atoms. The van der Waals surface area contributed by atoms with Gasteiger partial charge in [0.25, 0.3) is 0 Å². The number of hydrogen-bond donors (Lipinski definition) is 0. The van der Waals surface area contributed by atoms with E-state index in [0.29, 0.717) is 30.3 Å². The van der Waals surface area contributed by atoms with Crippen molar-refractivity contribution in [2.75, 3.05) is 0 Å². The zero-order valence-electron chi connectivity index (χ0n) is 21.6. The van der Waals surface area contributed by atoms with Gasteiger partial charge in [-0.15, -0.1) is 0 Å². The first-order valence-corrected chi connectivity index (χ1v) is 12.8. The number of epoxide rings is 1. The molecule has 1 aliphatic heterocycles. The fourth-order valence-electron chi connectivity index (χ4n) is 3.92. The van der Waals surface area contributed by atoms with Crippen LogP contribution in [0.1, 0.15) is 113 Å². The molecule has 2 heteroatoms. The Hall–Kier alpha value is -1.15. The van der Waals surface area contributed by atoms with Crippen molar-refractivity contribution in [3.8, 4) is 0 Å². The molecule has 0 amide bonds. The Morgan fingerprint density at radius 1 is 0.935 bits per heavy atom. The van der Waals surface area contributed by atoms with Gasteiger partial charge in [-0.05, 0) is 84.0 Å². The molecule has 1 heterocycles. The Morgan fingerprint density at radius 3 is 2.19 bits per heavy atom. The van der Waals surface area contributed by atoms with Crippen molar-refractivity contribution < 1.29 is 9.53 Å². The smallest absolute Gasteiger partial charge is 0.139 e. The minimum absolute atomic E-state index is 0.0467. The largest absolute Gasteiger partial charge is 0.370 e. The molecular weight excluding hydrogens is 380 g/mol. The summed E-state index contributed by atoms with van der Waals surface area (Å²) in [6.45, 7) is 15.4. The van der Waals surface area contributed by atoms with Crippen LogP contribution in [0, 0.1) is 17.8 Å². The fourth-order valence-corrected chi connectivity index (χ4v) is 3.92. The molecule has 2 nitrogen and oxygen atoms in total. The molecule has 1 aliphatic rings. The van der Waals surface area contributed by atoms with E-state index in [0.717, 1.165) is 31.6 Å². The van der Waals surface area contributed by atoms with Crippen LogP contribution in [0.4, 0.5) is 0 Å². The van der Waals surface area contributed by atoms with Gasteiger partial charge in [0.2, 0.25) is 0 Å². The summed E-state index contributed by atoms with van der Waals surface area (Å²) >= 11 is 0. The van der Waals surface area contributed by atoms with Crippen LogP contribution in [0.3, 0.4) is 0 Å². The predicted molar refractivity (Wildman–Crippen MR) is 135 cm³/mol. The van der Waals surface area contributed by atoms with Gasteiger partial charge in [0, 0.05) is 12.3 Å². The zero-order valence-corrected chi connectivity index (χ0v) is 21.6. The number of allylic oxidation sites excluding steroid dienone is 6. The number of ether oxygens (including phenoxy) is 1. The molecule has 1 rings (SSSR count). The second kappa shape index (κ2) is 15.6. The molecule has 0 aromatic carbocycles. The van der Waals surface area contributed by atoms with Gasteiger partial charge in [0.1, 0.15) is 5.78 Å². The topological polar surface area (TPSA) is 29.6 Å². The molecule has 0 aromatic rings. The van der Waals surface area contributed by atoms with E-state index in [2.05, 4.69) is 65.8 Å². The minimum atomic E-state index is 0.0467. The van der Waals surface area contributed by atoms with E-state index < -0.39 is 0 Å². The van der Waals surface area contributed by atoms with Crippen LogP contribution < -0.4 is 0 Å². The average molecular weight is 431 g/mol. The number of hydrogen-bond acceptors (Lipinski definition) is 2. The molecule has 0 saturated carbocycles. The fraction of sp³-hybridized carbons (Fsp3) is 0.759. The summed E-state index contributed by atoms with van der Waals surface area (Å²) in [5.74, 6) is 1.83. The third kappa shape index (κ3) is 14.5. The lowest BCUT2D eigenvalue weighted by Gasteiger charge is -2.10. The average Bonchev–Trinajstić information content (AvgIpc) is 3.42. The molecule has 4 unspecified atom stereocenters. The van der Waals surface area contributed by atoms with Gasteiger partial charge < -0.3 is 4.74 Å². The van der Waals surface area contributed by atoms with Crippen molar-refractivity contribution in [1.82, 2.24) is 0 Å². The first-order valence-electron chi connectivity index (χ1n) is 12.8. The highest BCUT2D eigenvalue weighted by molar-refractivity contribution is 5.82. The monoisotopic (exact) mass is 430 g/mol. The van der Waals surface area contributed by atoms with Crippen LogP contribution >= 0.6 is 0 Å². The zero-order chi connectivity index (χ0) is 23.2. The van der Waals surface area contributed by atoms with Gasteiger partial charge in [-0.25, -0.2) is 0 Å². The molecule has 0 aromatic heterocycles. The first-order chi connectivity index (χ1) is 14.7. The van der Waals surface area contributed by atoms with Gasteiger partial charge in [0.15, 0.2) is 0 Å². The Balaban J connectivity index is 2.13. The Labute approximate surface area is 193 Å². The van der Waals surface area contributed by atoms with Crippen molar-refractivity contribution >= 4 is 5.78 Å². The van der Waals surface area contributed by atoms with E-state index in [-0.39, 0.29) is 5.92 Å². The maximum atomic E-state index is 12.1. The molecular formula is C29H50O2. The van der Waals surface area contributed by atoms with Crippen LogP contribution in [0.15, 0.2) is 35.5 Å². The maximum Gasteiger partial charge on any atom is 0.139 e. The Morgan fingerprint density at radius 2 is 1.58 bits per heavy atom. The molecule has 0 N–H and O–H groups in total. The highest BCUT2D eigenvalue weighted by Crippen LogP contribution is 2.28. The highest BCUT2D eigenvalue weighted by Gasteiger charge is 2.33. The highest BCUT2D eigenvalue weighted by atomic mass is 16.6. The second-order valence-electron chi connectivity index (χ2n) is 10.5. The SMILES string of the molecule is C/C(=C\CC/C=C(\C)CCCC(C)CCC1OC1C)C/C=C/C(C)C(=O)CCC(C)C. The summed E-state index contributed by atoms with van der Waals surface area (Å²) in [5.41, 5.74) is 2.93. The first kappa shape index (κ1) is 27.9.